The molecule has 1 aromatic carbocycles. The molecule has 0 spiro atoms. The minimum atomic E-state index is -0.317. The zero-order valence-electron chi connectivity index (χ0n) is 12.7. The number of nitrogens with zero attached hydrogens (tertiary/aromatic N) is 2. The molecule has 0 unspecified atom stereocenters. The van der Waals surface area contributed by atoms with Gasteiger partial charge in [0.15, 0.2) is 0 Å². The maximum atomic E-state index is 10.5. The number of hydrogen-bond acceptors (Lipinski definition) is 3. The van der Waals surface area contributed by atoms with Gasteiger partial charge in [-0.05, 0) is 12.0 Å². The average molecular weight is 286 g/mol. The van der Waals surface area contributed by atoms with Crippen molar-refractivity contribution < 1.29 is 5.11 Å². The van der Waals surface area contributed by atoms with Crippen LogP contribution in [0.15, 0.2) is 55.6 Å². The Hall–Kier alpha value is -1.42. The second kappa shape index (κ2) is 8.13. The number of aliphatic hydroxyl groups excluding tert-OH is 1. The van der Waals surface area contributed by atoms with Gasteiger partial charge in [-0.3, -0.25) is 9.80 Å². The lowest BCUT2D eigenvalue weighted by atomic mass is 9.99. The maximum absolute atomic E-state index is 10.5. The number of likely N-dealkylation sites (tertiary alicyclic amines) is 1. The Morgan fingerprint density at radius 3 is 2.43 bits per heavy atom. The molecule has 0 saturated carbocycles. The van der Waals surface area contributed by atoms with E-state index in [2.05, 4.69) is 47.2 Å². The SMILES string of the molecule is C=CCN(CC=C)[C@H]1CCN(Cc2ccccc2)C[C@@H]1O. The lowest BCUT2D eigenvalue weighted by molar-refractivity contribution is -0.00780. The van der Waals surface area contributed by atoms with Crippen molar-refractivity contribution in [1.82, 2.24) is 9.80 Å². The normalized spacial score (nSPS) is 23.1. The number of β-amino-alcohol motifs (C(OH)–C–C–N with tert-alkyl or cyclic N) is 1. The van der Waals surface area contributed by atoms with Crippen molar-refractivity contribution in [2.24, 2.45) is 0 Å². The van der Waals surface area contributed by atoms with Crippen LogP contribution >= 0.6 is 0 Å². The van der Waals surface area contributed by atoms with E-state index >= 15 is 0 Å². The number of hydrogen-bond donors (Lipinski definition) is 1. The second-order valence-electron chi connectivity index (χ2n) is 5.68. The zero-order valence-corrected chi connectivity index (χ0v) is 12.7. The van der Waals surface area contributed by atoms with Crippen LogP contribution in [0, 0.1) is 0 Å². The van der Waals surface area contributed by atoms with Crippen molar-refractivity contribution in [3.05, 3.63) is 61.2 Å². The lowest BCUT2D eigenvalue weighted by Crippen LogP contribution is -2.54. The summed E-state index contributed by atoms with van der Waals surface area (Å²) < 4.78 is 0. The molecule has 0 aliphatic carbocycles. The molecule has 1 aliphatic rings. The van der Waals surface area contributed by atoms with Crippen molar-refractivity contribution in [3.63, 3.8) is 0 Å². The number of aliphatic hydroxyl groups is 1. The Balaban J connectivity index is 1.91. The third-order valence-electron chi connectivity index (χ3n) is 4.08. The molecule has 1 saturated heterocycles. The highest BCUT2D eigenvalue weighted by Crippen LogP contribution is 2.19. The first-order valence-corrected chi connectivity index (χ1v) is 7.64. The third kappa shape index (κ3) is 4.53. The van der Waals surface area contributed by atoms with Crippen molar-refractivity contribution in [3.8, 4) is 0 Å². The highest BCUT2D eigenvalue weighted by atomic mass is 16.3. The van der Waals surface area contributed by atoms with Gasteiger partial charge in [0.25, 0.3) is 0 Å². The van der Waals surface area contributed by atoms with Crippen LogP contribution in [0.25, 0.3) is 0 Å². The first-order chi connectivity index (χ1) is 10.2. The molecule has 2 rings (SSSR count). The smallest absolute Gasteiger partial charge is 0.0822 e. The topological polar surface area (TPSA) is 26.7 Å². The van der Waals surface area contributed by atoms with Gasteiger partial charge in [-0.15, -0.1) is 13.2 Å². The fourth-order valence-electron chi connectivity index (χ4n) is 3.07. The maximum Gasteiger partial charge on any atom is 0.0822 e. The third-order valence-corrected chi connectivity index (χ3v) is 4.08. The molecular weight excluding hydrogens is 260 g/mol. The minimum absolute atomic E-state index is 0.202. The van der Waals surface area contributed by atoms with Crippen molar-refractivity contribution in [1.29, 1.82) is 0 Å². The Labute approximate surface area is 128 Å². The van der Waals surface area contributed by atoms with Crippen LogP contribution < -0.4 is 0 Å². The average Bonchev–Trinajstić information content (AvgIpc) is 2.48. The van der Waals surface area contributed by atoms with E-state index in [1.807, 2.05) is 18.2 Å². The van der Waals surface area contributed by atoms with Crippen molar-refractivity contribution in [2.45, 2.75) is 25.1 Å². The summed E-state index contributed by atoms with van der Waals surface area (Å²) in [6.45, 7) is 11.9. The highest BCUT2D eigenvalue weighted by Gasteiger charge is 2.31. The van der Waals surface area contributed by atoms with Crippen LogP contribution in [0.5, 0.6) is 0 Å². The highest BCUT2D eigenvalue weighted by molar-refractivity contribution is 5.14. The van der Waals surface area contributed by atoms with Gasteiger partial charge >= 0.3 is 0 Å². The predicted octanol–water partition coefficient (Wildman–Crippen LogP) is 2.30. The molecule has 0 aromatic heterocycles. The van der Waals surface area contributed by atoms with Gasteiger partial charge in [0.2, 0.25) is 0 Å². The summed E-state index contributed by atoms with van der Waals surface area (Å²) in [5.74, 6) is 0. The molecule has 21 heavy (non-hydrogen) atoms. The number of benzene rings is 1. The van der Waals surface area contributed by atoms with Crippen LogP contribution in [0.2, 0.25) is 0 Å². The fraction of sp³-hybridized carbons (Fsp3) is 0.444. The van der Waals surface area contributed by atoms with Crippen LogP contribution in [0.1, 0.15) is 12.0 Å². The summed E-state index contributed by atoms with van der Waals surface area (Å²) in [4.78, 5) is 4.58. The molecule has 3 heteroatoms. The van der Waals surface area contributed by atoms with Gasteiger partial charge in [-0.1, -0.05) is 42.5 Å². The molecule has 0 amide bonds. The Morgan fingerprint density at radius 1 is 1.19 bits per heavy atom. The molecule has 1 fully saturated rings. The van der Waals surface area contributed by atoms with Gasteiger partial charge in [-0.25, -0.2) is 0 Å². The monoisotopic (exact) mass is 286 g/mol. The molecule has 1 aliphatic heterocycles. The van der Waals surface area contributed by atoms with E-state index in [9.17, 15) is 5.11 Å². The van der Waals surface area contributed by atoms with E-state index in [1.165, 1.54) is 5.56 Å². The molecule has 0 radical (unpaired) electrons. The van der Waals surface area contributed by atoms with E-state index in [1.54, 1.807) is 0 Å². The van der Waals surface area contributed by atoms with Crippen LogP contribution in [-0.4, -0.2) is 53.2 Å². The molecule has 1 aromatic rings. The number of rotatable bonds is 7. The van der Waals surface area contributed by atoms with Gasteiger partial charge in [0.05, 0.1) is 6.10 Å². The quantitative estimate of drug-likeness (QED) is 0.779. The zero-order chi connectivity index (χ0) is 15.1. The van der Waals surface area contributed by atoms with Gasteiger partial charge in [0.1, 0.15) is 0 Å². The molecule has 1 heterocycles. The molecule has 0 bridgehead atoms. The molecular formula is C18H26N2O. The van der Waals surface area contributed by atoms with E-state index < -0.39 is 0 Å². The van der Waals surface area contributed by atoms with E-state index in [0.29, 0.717) is 0 Å². The van der Waals surface area contributed by atoms with Crippen LogP contribution in [-0.2, 0) is 6.54 Å². The van der Waals surface area contributed by atoms with Crippen LogP contribution in [0.4, 0.5) is 0 Å². The van der Waals surface area contributed by atoms with E-state index in [4.69, 9.17) is 0 Å². The summed E-state index contributed by atoms with van der Waals surface area (Å²) in [5.41, 5.74) is 1.30. The molecule has 2 atom stereocenters. The van der Waals surface area contributed by atoms with Gasteiger partial charge in [-0.2, -0.15) is 0 Å². The molecule has 1 N–H and O–H groups in total. The van der Waals surface area contributed by atoms with Crippen LogP contribution in [0.3, 0.4) is 0 Å². The summed E-state index contributed by atoms with van der Waals surface area (Å²) in [5, 5.41) is 10.5. The standard InChI is InChI=1S/C18H26N2O/c1-3-11-20(12-4-2)17-10-13-19(15-18(17)21)14-16-8-6-5-7-9-16/h3-9,17-18,21H,1-2,10-15H2/t17-,18-/m0/s1. The fourth-order valence-corrected chi connectivity index (χ4v) is 3.07. The predicted molar refractivity (Wildman–Crippen MR) is 88.1 cm³/mol. The van der Waals surface area contributed by atoms with E-state index in [0.717, 1.165) is 39.1 Å². The summed E-state index contributed by atoms with van der Waals surface area (Å²) in [6.07, 6.45) is 4.46. The Bertz CT molecular complexity index is 436. The van der Waals surface area contributed by atoms with Gasteiger partial charge < -0.3 is 5.11 Å². The Kier molecular flexibility index (Phi) is 6.18. The summed E-state index contributed by atoms with van der Waals surface area (Å²) in [6, 6.07) is 10.6. The van der Waals surface area contributed by atoms with Crippen molar-refractivity contribution >= 4 is 0 Å². The largest absolute Gasteiger partial charge is 0.390 e. The summed E-state index contributed by atoms with van der Waals surface area (Å²) >= 11 is 0. The first kappa shape index (κ1) is 16.0. The summed E-state index contributed by atoms with van der Waals surface area (Å²) in [7, 11) is 0. The van der Waals surface area contributed by atoms with Crippen molar-refractivity contribution in [2.75, 3.05) is 26.2 Å². The minimum Gasteiger partial charge on any atom is -0.390 e. The first-order valence-electron chi connectivity index (χ1n) is 7.64. The number of piperidine rings is 1. The van der Waals surface area contributed by atoms with E-state index in [-0.39, 0.29) is 12.1 Å². The Morgan fingerprint density at radius 2 is 1.86 bits per heavy atom. The molecule has 3 nitrogen and oxygen atoms in total. The molecule has 114 valence electrons. The van der Waals surface area contributed by atoms with Gasteiger partial charge in [0, 0.05) is 38.8 Å². The lowest BCUT2D eigenvalue weighted by Gasteiger charge is -2.41. The second-order valence-corrected chi connectivity index (χ2v) is 5.68.